The first-order valence-corrected chi connectivity index (χ1v) is 8.09. The highest BCUT2D eigenvalue weighted by molar-refractivity contribution is 6.09. The largest absolute Gasteiger partial charge is 0.480 e. The van der Waals surface area contributed by atoms with Gasteiger partial charge in [-0.3, -0.25) is 9.69 Å². The van der Waals surface area contributed by atoms with Gasteiger partial charge in [0, 0.05) is 5.56 Å². The van der Waals surface area contributed by atoms with E-state index in [-0.39, 0.29) is 24.9 Å². The fourth-order valence-corrected chi connectivity index (χ4v) is 2.67. The van der Waals surface area contributed by atoms with Crippen LogP contribution in [-0.4, -0.2) is 45.5 Å². The monoisotopic (exact) mass is 373 g/mol. The number of carbonyl (C=O) groups excluding carboxylic acids is 1. The number of fused-ring (bicyclic) bond motifs is 1. The molecule has 0 aromatic heterocycles. The molecule has 0 spiro atoms. The van der Waals surface area contributed by atoms with Crippen molar-refractivity contribution in [2.45, 2.75) is 18.9 Å². The number of carboxylic acids is 1. The van der Waals surface area contributed by atoms with Gasteiger partial charge in [0.1, 0.15) is 11.1 Å². The molecule has 0 aliphatic carbocycles. The molecule has 2 aromatic carbocycles. The van der Waals surface area contributed by atoms with Gasteiger partial charge in [-0.1, -0.05) is 30.3 Å². The van der Waals surface area contributed by atoms with E-state index in [0.29, 0.717) is 4.90 Å². The molecule has 0 fully saturated rings. The van der Waals surface area contributed by atoms with Gasteiger partial charge in [0.25, 0.3) is 11.9 Å². The van der Waals surface area contributed by atoms with Gasteiger partial charge >= 0.3 is 5.97 Å². The van der Waals surface area contributed by atoms with Crippen molar-refractivity contribution in [3.8, 4) is 0 Å². The van der Waals surface area contributed by atoms with Crippen LogP contribution in [0.4, 0.5) is 0 Å². The Morgan fingerprint density at radius 1 is 1.22 bits per heavy atom. The van der Waals surface area contributed by atoms with Gasteiger partial charge in [-0.2, -0.15) is 0 Å². The lowest BCUT2D eigenvalue weighted by molar-refractivity contribution is -0.485. The number of nitrogens with zero attached hydrogens (tertiary/aromatic N) is 3. The second-order valence-corrected chi connectivity index (χ2v) is 5.72. The van der Waals surface area contributed by atoms with E-state index in [9.17, 15) is 24.8 Å². The number of nitro groups is 1. The molecular formula is C17H19N5O5. The van der Waals surface area contributed by atoms with Crippen LogP contribution in [0.1, 0.15) is 23.2 Å². The van der Waals surface area contributed by atoms with Crippen LogP contribution in [0.5, 0.6) is 0 Å². The Hall–Kier alpha value is -3.53. The summed E-state index contributed by atoms with van der Waals surface area (Å²) in [6.45, 7) is 0.189. The number of guanidine groups is 1. The quantitative estimate of drug-likeness (QED) is 0.281. The summed E-state index contributed by atoms with van der Waals surface area (Å²) in [6, 6.07) is 10.6. The van der Waals surface area contributed by atoms with Gasteiger partial charge in [0.15, 0.2) is 5.03 Å². The molecule has 0 unspecified atom stereocenters. The van der Waals surface area contributed by atoms with Gasteiger partial charge in [-0.05, 0) is 42.3 Å². The van der Waals surface area contributed by atoms with Crippen LogP contribution in [0.25, 0.3) is 10.8 Å². The van der Waals surface area contributed by atoms with E-state index >= 15 is 0 Å². The molecule has 0 saturated heterocycles. The molecule has 0 aliphatic heterocycles. The van der Waals surface area contributed by atoms with Crippen molar-refractivity contribution in [1.82, 2.24) is 4.90 Å². The number of carboxylic acid groups (broad SMARTS) is 1. The number of rotatable bonds is 7. The molecule has 27 heavy (non-hydrogen) atoms. The summed E-state index contributed by atoms with van der Waals surface area (Å²) in [5.41, 5.74) is 11.1. The summed E-state index contributed by atoms with van der Waals surface area (Å²) in [6.07, 6.45) is 0.253. The predicted octanol–water partition coefficient (Wildman–Crippen LogP) is 0.980. The Labute approximate surface area is 154 Å². The molecule has 2 rings (SSSR count). The average Bonchev–Trinajstić information content (AvgIpc) is 2.63. The highest BCUT2D eigenvalue weighted by Crippen LogP contribution is 2.19. The Morgan fingerprint density at radius 2 is 1.89 bits per heavy atom. The molecular weight excluding hydrogens is 354 g/mol. The van der Waals surface area contributed by atoms with Gasteiger partial charge < -0.3 is 16.6 Å². The summed E-state index contributed by atoms with van der Waals surface area (Å²) in [7, 11) is 0. The minimum atomic E-state index is -1.43. The maximum absolute atomic E-state index is 13.0. The second kappa shape index (κ2) is 8.72. The summed E-state index contributed by atoms with van der Waals surface area (Å²) in [5.74, 6) is -2.96. The van der Waals surface area contributed by atoms with Crippen molar-refractivity contribution >= 4 is 28.6 Å². The molecule has 10 heteroatoms. The lowest BCUT2D eigenvalue weighted by Gasteiger charge is -2.26. The minimum Gasteiger partial charge on any atom is -0.480 e. The maximum atomic E-state index is 13.0. The Kier molecular flexibility index (Phi) is 6.39. The van der Waals surface area contributed by atoms with E-state index in [1.165, 1.54) is 6.07 Å². The SMILES string of the molecule is NCCC[C@@H](C(=O)O)N(C(=O)c1ccc2ccccc2c1)C(N)=N[N+](=O)[O-]. The second-order valence-electron chi connectivity index (χ2n) is 5.72. The number of carbonyl (C=O) groups is 2. The zero-order valence-electron chi connectivity index (χ0n) is 14.3. The molecule has 0 aliphatic rings. The summed E-state index contributed by atoms with van der Waals surface area (Å²) in [4.78, 5) is 36.0. The van der Waals surface area contributed by atoms with Crippen molar-refractivity contribution in [3.05, 3.63) is 58.1 Å². The molecule has 1 amide bonds. The number of hydrogen-bond donors (Lipinski definition) is 3. The first-order valence-electron chi connectivity index (χ1n) is 8.09. The van der Waals surface area contributed by atoms with E-state index in [0.717, 1.165) is 10.8 Å². The van der Waals surface area contributed by atoms with Crippen LogP contribution in [-0.2, 0) is 4.79 Å². The number of benzene rings is 2. The van der Waals surface area contributed by atoms with Crippen molar-refractivity contribution in [2.24, 2.45) is 16.6 Å². The fraction of sp³-hybridized carbons (Fsp3) is 0.235. The molecule has 0 heterocycles. The van der Waals surface area contributed by atoms with Crippen LogP contribution >= 0.6 is 0 Å². The van der Waals surface area contributed by atoms with E-state index < -0.39 is 28.9 Å². The zero-order chi connectivity index (χ0) is 20.0. The highest BCUT2D eigenvalue weighted by atomic mass is 16.7. The van der Waals surface area contributed by atoms with Crippen LogP contribution in [0.15, 0.2) is 47.6 Å². The number of nitrogens with two attached hydrogens (primary N) is 2. The van der Waals surface area contributed by atoms with Crippen molar-refractivity contribution in [3.63, 3.8) is 0 Å². The fourth-order valence-electron chi connectivity index (χ4n) is 2.67. The first-order chi connectivity index (χ1) is 12.8. The Bertz CT molecular complexity index is 898. The number of hydrazone groups is 1. The molecule has 0 saturated carbocycles. The molecule has 2 aromatic rings. The normalized spacial score (nSPS) is 12.6. The summed E-state index contributed by atoms with van der Waals surface area (Å²) >= 11 is 0. The summed E-state index contributed by atoms with van der Waals surface area (Å²) < 4.78 is 0. The van der Waals surface area contributed by atoms with E-state index in [4.69, 9.17) is 11.5 Å². The van der Waals surface area contributed by atoms with Crippen molar-refractivity contribution < 1.29 is 19.7 Å². The third kappa shape index (κ3) is 4.76. The van der Waals surface area contributed by atoms with Gasteiger partial charge in [0.05, 0.1) is 0 Å². The molecule has 142 valence electrons. The molecule has 1 atom stereocenters. The standard InChI is InChI=1S/C17H19N5O5/c18-9-3-6-14(16(24)25)21(17(19)20-22(26)27)15(23)13-8-7-11-4-1-2-5-12(11)10-13/h1-2,4-5,7-8,10,14H,3,6,9,18H2,(H2,19,20)(H,24,25)/t14-/m0/s1. The van der Waals surface area contributed by atoms with Crippen LogP contribution in [0, 0.1) is 10.1 Å². The van der Waals surface area contributed by atoms with Crippen LogP contribution in [0.3, 0.4) is 0 Å². The lowest BCUT2D eigenvalue weighted by Crippen LogP contribution is -2.52. The van der Waals surface area contributed by atoms with Gasteiger partial charge in [0.2, 0.25) is 0 Å². The number of hydrogen-bond acceptors (Lipinski definition) is 5. The van der Waals surface area contributed by atoms with Gasteiger partial charge in [-0.25, -0.2) is 14.9 Å². The summed E-state index contributed by atoms with van der Waals surface area (Å²) in [5, 5.41) is 23.7. The molecule has 5 N–H and O–H groups in total. The lowest BCUT2D eigenvalue weighted by atomic mass is 10.0. The van der Waals surface area contributed by atoms with E-state index in [1.807, 2.05) is 12.1 Å². The molecule has 0 radical (unpaired) electrons. The van der Waals surface area contributed by atoms with Crippen LogP contribution < -0.4 is 11.5 Å². The first kappa shape index (κ1) is 19.8. The zero-order valence-corrected chi connectivity index (χ0v) is 14.3. The number of aliphatic carboxylic acids is 1. The third-order valence-electron chi connectivity index (χ3n) is 3.92. The Morgan fingerprint density at radius 3 is 2.48 bits per heavy atom. The third-order valence-corrected chi connectivity index (χ3v) is 3.92. The number of amides is 1. The maximum Gasteiger partial charge on any atom is 0.326 e. The van der Waals surface area contributed by atoms with Gasteiger partial charge in [-0.15, -0.1) is 0 Å². The van der Waals surface area contributed by atoms with Crippen LogP contribution in [0.2, 0.25) is 0 Å². The van der Waals surface area contributed by atoms with Crippen molar-refractivity contribution in [2.75, 3.05) is 6.54 Å². The Balaban J connectivity index is 2.50. The predicted molar refractivity (Wildman–Crippen MR) is 98.4 cm³/mol. The van der Waals surface area contributed by atoms with Crippen molar-refractivity contribution in [1.29, 1.82) is 0 Å². The van der Waals surface area contributed by atoms with E-state index in [1.54, 1.807) is 24.3 Å². The smallest absolute Gasteiger partial charge is 0.326 e. The highest BCUT2D eigenvalue weighted by Gasteiger charge is 2.34. The topological polar surface area (TPSA) is 165 Å². The van der Waals surface area contributed by atoms with E-state index in [2.05, 4.69) is 5.10 Å². The average molecular weight is 373 g/mol. The molecule has 10 nitrogen and oxygen atoms in total. The minimum absolute atomic E-state index is 0.0287. The molecule has 0 bridgehead atoms.